The average molecular weight is 487 g/mol. The Morgan fingerprint density at radius 2 is 2.00 bits per heavy atom. The molecule has 2 rings (SSSR count). The molecule has 26 heavy (non-hydrogen) atoms. The zero-order valence-corrected chi connectivity index (χ0v) is 18.8. The van der Waals surface area contributed by atoms with Crippen molar-refractivity contribution in [3.8, 4) is 0 Å². The van der Waals surface area contributed by atoms with E-state index in [0.29, 0.717) is 6.54 Å². The first-order valence-electron chi connectivity index (χ1n) is 8.81. The van der Waals surface area contributed by atoms with Gasteiger partial charge < -0.3 is 15.2 Å². The molecule has 1 heterocycles. The highest BCUT2D eigenvalue weighted by Crippen LogP contribution is 2.04. The van der Waals surface area contributed by atoms with E-state index in [1.807, 2.05) is 24.2 Å². The second-order valence-corrected chi connectivity index (χ2v) is 6.81. The van der Waals surface area contributed by atoms with E-state index >= 15 is 0 Å². The van der Waals surface area contributed by atoms with Crippen LogP contribution >= 0.6 is 35.7 Å². The van der Waals surface area contributed by atoms with Crippen LogP contribution < -0.4 is 10.6 Å². The second kappa shape index (κ2) is 13.9. The molecule has 0 amide bonds. The molecule has 0 atom stereocenters. The lowest BCUT2D eigenvalue weighted by molar-refractivity contribution is 0.633. The summed E-state index contributed by atoms with van der Waals surface area (Å²) >= 11 is 1.89. The maximum atomic E-state index is 4.47. The van der Waals surface area contributed by atoms with Gasteiger partial charge in [-0.3, -0.25) is 4.99 Å². The van der Waals surface area contributed by atoms with Crippen molar-refractivity contribution in [2.75, 3.05) is 25.6 Å². The van der Waals surface area contributed by atoms with Gasteiger partial charge in [0.1, 0.15) is 5.82 Å². The first-order chi connectivity index (χ1) is 12.3. The Balaban J connectivity index is 0.00000338. The molecule has 0 spiro atoms. The number of aliphatic imine (C=N–C) groups is 1. The van der Waals surface area contributed by atoms with E-state index in [4.69, 9.17) is 0 Å². The molecule has 7 heteroatoms. The Hall–Kier alpha value is -1.22. The number of rotatable bonds is 10. The Bertz CT molecular complexity index is 630. The van der Waals surface area contributed by atoms with E-state index in [9.17, 15) is 0 Å². The molecule has 0 radical (unpaired) electrons. The highest BCUT2D eigenvalue weighted by Gasteiger charge is 2.04. The number of guanidine groups is 1. The predicted molar refractivity (Wildman–Crippen MR) is 124 cm³/mol. The average Bonchev–Trinajstić information content (AvgIpc) is 3.10. The standard InChI is InChI=1S/C19H29N5S.HI/c1-20-19(22-11-6-7-15-25-2)23-16-18-21-12-14-24(18)13-10-17-8-4-3-5-9-17;/h3-5,8-9,12,14H,6-7,10-11,13,15-16H2,1-2H3,(H2,20,22,23);1H. The first kappa shape index (κ1) is 22.8. The first-order valence-corrected chi connectivity index (χ1v) is 10.2. The van der Waals surface area contributed by atoms with E-state index in [1.165, 1.54) is 17.7 Å². The van der Waals surface area contributed by atoms with Crippen LogP contribution in [-0.4, -0.2) is 41.1 Å². The molecular formula is C19H30IN5S. The molecule has 0 unspecified atom stereocenters. The number of imidazole rings is 1. The number of hydrogen-bond acceptors (Lipinski definition) is 3. The number of unbranched alkanes of at least 4 members (excludes halogenated alkanes) is 1. The zero-order chi connectivity index (χ0) is 17.7. The minimum absolute atomic E-state index is 0. The molecule has 0 fully saturated rings. The summed E-state index contributed by atoms with van der Waals surface area (Å²) in [5, 5.41) is 6.71. The van der Waals surface area contributed by atoms with Crippen molar-refractivity contribution in [3.63, 3.8) is 0 Å². The van der Waals surface area contributed by atoms with E-state index in [2.05, 4.69) is 61.8 Å². The number of thioether (sulfide) groups is 1. The summed E-state index contributed by atoms with van der Waals surface area (Å²) in [5.74, 6) is 3.08. The van der Waals surface area contributed by atoms with E-state index in [0.717, 1.165) is 37.7 Å². The summed E-state index contributed by atoms with van der Waals surface area (Å²) in [5.41, 5.74) is 1.35. The van der Waals surface area contributed by atoms with Crippen LogP contribution in [0.1, 0.15) is 24.2 Å². The number of hydrogen-bond donors (Lipinski definition) is 2. The number of aryl methyl sites for hydroxylation is 2. The van der Waals surface area contributed by atoms with Crippen molar-refractivity contribution >= 4 is 41.7 Å². The van der Waals surface area contributed by atoms with Crippen molar-refractivity contribution in [3.05, 3.63) is 54.1 Å². The molecule has 1 aromatic heterocycles. The number of benzene rings is 1. The predicted octanol–water partition coefficient (Wildman–Crippen LogP) is 3.55. The van der Waals surface area contributed by atoms with E-state index < -0.39 is 0 Å². The van der Waals surface area contributed by atoms with Gasteiger partial charge in [0, 0.05) is 32.5 Å². The Morgan fingerprint density at radius 3 is 2.73 bits per heavy atom. The van der Waals surface area contributed by atoms with Crippen LogP contribution in [0.2, 0.25) is 0 Å². The third kappa shape index (κ3) is 8.44. The number of nitrogens with zero attached hydrogens (tertiary/aromatic N) is 3. The van der Waals surface area contributed by atoms with Gasteiger partial charge in [0.25, 0.3) is 0 Å². The smallest absolute Gasteiger partial charge is 0.191 e. The van der Waals surface area contributed by atoms with Crippen molar-refractivity contribution in [1.29, 1.82) is 0 Å². The van der Waals surface area contributed by atoms with Crippen molar-refractivity contribution in [2.45, 2.75) is 32.4 Å². The van der Waals surface area contributed by atoms with Gasteiger partial charge in [-0.25, -0.2) is 4.98 Å². The highest BCUT2D eigenvalue weighted by molar-refractivity contribution is 14.0. The lowest BCUT2D eigenvalue weighted by Crippen LogP contribution is -2.37. The van der Waals surface area contributed by atoms with Crippen molar-refractivity contribution < 1.29 is 0 Å². The van der Waals surface area contributed by atoms with Gasteiger partial charge >= 0.3 is 0 Å². The molecule has 1 aromatic carbocycles. The maximum absolute atomic E-state index is 4.47. The molecule has 0 saturated heterocycles. The molecule has 0 aliphatic rings. The Morgan fingerprint density at radius 1 is 1.19 bits per heavy atom. The van der Waals surface area contributed by atoms with E-state index in [1.54, 1.807) is 7.05 Å². The monoisotopic (exact) mass is 487 g/mol. The second-order valence-electron chi connectivity index (χ2n) is 5.82. The van der Waals surface area contributed by atoms with Crippen LogP contribution in [0.15, 0.2) is 47.7 Å². The van der Waals surface area contributed by atoms with Crippen LogP contribution in [0.4, 0.5) is 0 Å². The fourth-order valence-corrected chi connectivity index (χ4v) is 3.06. The van der Waals surface area contributed by atoms with Crippen LogP contribution in [0.5, 0.6) is 0 Å². The molecule has 0 aliphatic carbocycles. The molecule has 144 valence electrons. The van der Waals surface area contributed by atoms with Gasteiger partial charge in [0.15, 0.2) is 5.96 Å². The number of nitrogens with one attached hydrogen (secondary N) is 2. The molecule has 5 nitrogen and oxygen atoms in total. The minimum atomic E-state index is 0. The summed E-state index contributed by atoms with van der Waals surface area (Å²) in [6, 6.07) is 10.5. The topological polar surface area (TPSA) is 54.2 Å². The third-order valence-corrected chi connectivity index (χ3v) is 4.69. The van der Waals surface area contributed by atoms with Gasteiger partial charge in [0.2, 0.25) is 0 Å². The normalized spacial score (nSPS) is 11.1. The Labute approximate surface area is 178 Å². The van der Waals surface area contributed by atoms with Gasteiger partial charge in [-0.15, -0.1) is 24.0 Å². The van der Waals surface area contributed by atoms with Crippen molar-refractivity contribution in [1.82, 2.24) is 20.2 Å². The number of halogens is 1. The lowest BCUT2D eigenvalue weighted by Gasteiger charge is -2.13. The van der Waals surface area contributed by atoms with Gasteiger partial charge in [-0.1, -0.05) is 30.3 Å². The summed E-state index contributed by atoms with van der Waals surface area (Å²) in [6.07, 6.45) is 9.45. The maximum Gasteiger partial charge on any atom is 0.191 e. The number of aromatic nitrogens is 2. The van der Waals surface area contributed by atoms with E-state index in [-0.39, 0.29) is 24.0 Å². The lowest BCUT2D eigenvalue weighted by atomic mass is 10.1. The summed E-state index contributed by atoms with van der Waals surface area (Å²) in [4.78, 5) is 8.75. The molecular weight excluding hydrogens is 457 g/mol. The molecule has 2 N–H and O–H groups in total. The van der Waals surface area contributed by atoms with Crippen LogP contribution in [0.25, 0.3) is 0 Å². The molecule has 0 aliphatic heterocycles. The van der Waals surface area contributed by atoms with Gasteiger partial charge in [-0.05, 0) is 36.8 Å². The van der Waals surface area contributed by atoms with Crippen LogP contribution in [0.3, 0.4) is 0 Å². The summed E-state index contributed by atoms with van der Waals surface area (Å²) < 4.78 is 2.20. The Kier molecular flexibility index (Phi) is 12.2. The highest BCUT2D eigenvalue weighted by atomic mass is 127. The fraction of sp³-hybridized carbons (Fsp3) is 0.474. The SMILES string of the molecule is CN=C(NCCCCSC)NCc1nccn1CCc1ccccc1.I. The molecule has 0 bridgehead atoms. The zero-order valence-electron chi connectivity index (χ0n) is 15.6. The summed E-state index contributed by atoms with van der Waals surface area (Å²) in [6.45, 7) is 2.55. The van der Waals surface area contributed by atoms with Crippen LogP contribution in [0, 0.1) is 0 Å². The third-order valence-electron chi connectivity index (χ3n) is 3.99. The molecule has 0 saturated carbocycles. The quantitative estimate of drug-likeness (QED) is 0.233. The summed E-state index contributed by atoms with van der Waals surface area (Å²) in [7, 11) is 1.80. The fourth-order valence-electron chi connectivity index (χ4n) is 2.57. The largest absolute Gasteiger partial charge is 0.356 e. The van der Waals surface area contributed by atoms with Gasteiger partial charge in [0.05, 0.1) is 6.54 Å². The van der Waals surface area contributed by atoms with Crippen molar-refractivity contribution in [2.24, 2.45) is 4.99 Å². The van der Waals surface area contributed by atoms with Crippen LogP contribution in [-0.2, 0) is 19.5 Å². The molecule has 2 aromatic rings. The minimum Gasteiger partial charge on any atom is -0.356 e. The van der Waals surface area contributed by atoms with Gasteiger partial charge in [-0.2, -0.15) is 11.8 Å².